The summed E-state index contributed by atoms with van der Waals surface area (Å²) in [5.41, 5.74) is 5.97. The summed E-state index contributed by atoms with van der Waals surface area (Å²) in [4.78, 5) is 12.3. The Morgan fingerprint density at radius 3 is 2.61 bits per heavy atom. The van der Waals surface area contributed by atoms with Gasteiger partial charge < -0.3 is 11.1 Å². The maximum atomic E-state index is 12.3. The molecule has 4 atom stereocenters. The first-order valence-electron chi connectivity index (χ1n) is 7.72. The van der Waals surface area contributed by atoms with Crippen molar-refractivity contribution in [2.75, 3.05) is 0 Å². The maximum Gasteiger partial charge on any atom is 0.223 e. The fourth-order valence-electron chi connectivity index (χ4n) is 3.47. The second-order valence-corrected chi connectivity index (χ2v) is 6.35. The summed E-state index contributed by atoms with van der Waals surface area (Å²) in [7, 11) is 0. The molecule has 2 rings (SSSR count). The number of rotatable bonds is 2. The number of nitrogens with two attached hydrogens (primary N) is 1. The molecule has 2 aliphatic carbocycles. The Morgan fingerprint density at radius 1 is 1.06 bits per heavy atom. The van der Waals surface area contributed by atoms with E-state index in [2.05, 4.69) is 12.2 Å². The van der Waals surface area contributed by atoms with E-state index in [-0.39, 0.29) is 17.9 Å². The van der Waals surface area contributed by atoms with E-state index in [9.17, 15) is 4.79 Å². The molecule has 0 aromatic rings. The molecule has 18 heavy (non-hydrogen) atoms. The molecule has 104 valence electrons. The van der Waals surface area contributed by atoms with Crippen LogP contribution in [0.1, 0.15) is 64.7 Å². The molecular weight excluding hydrogens is 224 g/mol. The summed E-state index contributed by atoms with van der Waals surface area (Å²) >= 11 is 0. The van der Waals surface area contributed by atoms with Crippen LogP contribution in [0.2, 0.25) is 0 Å². The summed E-state index contributed by atoms with van der Waals surface area (Å²) < 4.78 is 0. The van der Waals surface area contributed by atoms with Crippen molar-refractivity contribution in [1.82, 2.24) is 5.32 Å². The zero-order valence-corrected chi connectivity index (χ0v) is 11.7. The van der Waals surface area contributed by atoms with Gasteiger partial charge in [-0.15, -0.1) is 0 Å². The molecule has 2 fully saturated rings. The zero-order valence-electron chi connectivity index (χ0n) is 11.7. The van der Waals surface area contributed by atoms with Gasteiger partial charge in [-0.25, -0.2) is 0 Å². The van der Waals surface area contributed by atoms with E-state index in [4.69, 9.17) is 5.73 Å². The Kier molecular flexibility index (Phi) is 5.04. The molecule has 0 spiro atoms. The Balaban J connectivity index is 1.85. The summed E-state index contributed by atoms with van der Waals surface area (Å²) in [5.74, 6) is 1.07. The molecule has 0 aromatic carbocycles. The van der Waals surface area contributed by atoms with E-state index in [1.807, 2.05) is 0 Å². The predicted octanol–water partition coefficient (Wildman–Crippen LogP) is 2.59. The van der Waals surface area contributed by atoms with Crippen LogP contribution in [0.3, 0.4) is 0 Å². The summed E-state index contributed by atoms with van der Waals surface area (Å²) in [6, 6.07) is 0.638. The molecule has 4 unspecified atom stereocenters. The molecule has 3 nitrogen and oxygen atoms in total. The molecule has 3 N–H and O–H groups in total. The van der Waals surface area contributed by atoms with Gasteiger partial charge >= 0.3 is 0 Å². The highest BCUT2D eigenvalue weighted by molar-refractivity contribution is 5.79. The molecule has 0 bridgehead atoms. The zero-order chi connectivity index (χ0) is 13.0. The minimum Gasteiger partial charge on any atom is -0.353 e. The largest absolute Gasteiger partial charge is 0.353 e. The Labute approximate surface area is 111 Å². The lowest BCUT2D eigenvalue weighted by atomic mass is 9.85. The molecule has 0 saturated heterocycles. The van der Waals surface area contributed by atoms with E-state index >= 15 is 0 Å². The molecule has 3 heteroatoms. The molecule has 0 heterocycles. The van der Waals surface area contributed by atoms with Crippen molar-refractivity contribution in [1.29, 1.82) is 0 Å². The normalized spacial score (nSPS) is 37.9. The van der Waals surface area contributed by atoms with Crippen molar-refractivity contribution >= 4 is 5.91 Å². The number of amides is 1. The van der Waals surface area contributed by atoms with Gasteiger partial charge in [-0.05, 0) is 38.0 Å². The number of nitrogens with one attached hydrogen (secondary N) is 1. The Bertz CT molecular complexity index is 280. The fraction of sp³-hybridized carbons (Fsp3) is 0.933. The van der Waals surface area contributed by atoms with Gasteiger partial charge in [0.15, 0.2) is 0 Å². The lowest BCUT2D eigenvalue weighted by molar-refractivity contribution is -0.127. The minimum absolute atomic E-state index is 0.171. The van der Waals surface area contributed by atoms with Crippen molar-refractivity contribution < 1.29 is 4.79 Å². The Morgan fingerprint density at radius 2 is 1.83 bits per heavy atom. The van der Waals surface area contributed by atoms with Gasteiger partial charge in [-0.1, -0.05) is 32.6 Å². The van der Waals surface area contributed by atoms with E-state index in [0.717, 1.165) is 32.1 Å². The van der Waals surface area contributed by atoms with Gasteiger partial charge in [0.05, 0.1) is 0 Å². The molecule has 1 amide bonds. The van der Waals surface area contributed by atoms with Crippen LogP contribution in [-0.4, -0.2) is 18.0 Å². The van der Waals surface area contributed by atoms with Crippen LogP contribution >= 0.6 is 0 Å². The number of carbonyl (C=O) groups is 1. The summed E-state index contributed by atoms with van der Waals surface area (Å²) in [6.07, 6.45) is 10.4. The van der Waals surface area contributed by atoms with E-state index in [1.54, 1.807) is 0 Å². The van der Waals surface area contributed by atoms with Gasteiger partial charge in [0.25, 0.3) is 0 Å². The number of carbonyl (C=O) groups excluding carboxylic acids is 1. The molecule has 0 radical (unpaired) electrons. The first kappa shape index (κ1) is 13.9. The fourth-order valence-corrected chi connectivity index (χ4v) is 3.47. The third kappa shape index (κ3) is 3.71. The van der Waals surface area contributed by atoms with Gasteiger partial charge in [0.1, 0.15) is 0 Å². The van der Waals surface area contributed by atoms with E-state index in [1.165, 1.54) is 25.7 Å². The Hall–Kier alpha value is -0.570. The lowest BCUT2D eigenvalue weighted by Crippen LogP contribution is -2.44. The van der Waals surface area contributed by atoms with Crippen LogP contribution in [0.4, 0.5) is 0 Å². The van der Waals surface area contributed by atoms with Crippen LogP contribution in [0, 0.1) is 11.8 Å². The third-order valence-corrected chi connectivity index (χ3v) is 4.77. The average Bonchev–Trinajstić information content (AvgIpc) is 2.55. The number of hydrogen-bond acceptors (Lipinski definition) is 2. The second-order valence-electron chi connectivity index (χ2n) is 6.35. The summed E-state index contributed by atoms with van der Waals surface area (Å²) in [6.45, 7) is 2.28. The lowest BCUT2D eigenvalue weighted by Gasteiger charge is -2.29. The highest BCUT2D eigenvalue weighted by Gasteiger charge is 2.28. The average molecular weight is 252 g/mol. The highest BCUT2D eigenvalue weighted by atomic mass is 16.1. The van der Waals surface area contributed by atoms with Gasteiger partial charge in [-0.2, -0.15) is 0 Å². The molecule has 0 aliphatic heterocycles. The van der Waals surface area contributed by atoms with Crippen LogP contribution in [0.5, 0.6) is 0 Å². The molecule has 0 aromatic heterocycles. The van der Waals surface area contributed by atoms with Crippen molar-refractivity contribution in [3.05, 3.63) is 0 Å². The predicted molar refractivity (Wildman–Crippen MR) is 74.1 cm³/mol. The monoisotopic (exact) mass is 252 g/mol. The topological polar surface area (TPSA) is 55.1 Å². The van der Waals surface area contributed by atoms with Crippen molar-refractivity contribution in [2.24, 2.45) is 17.6 Å². The second kappa shape index (κ2) is 6.55. The quantitative estimate of drug-likeness (QED) is 0.742. The van der Waals surface area contributed by atoms with Crippen molar-refractivity contribution in [3.8, 4) is 0 Å². The van der Waals surface area contributed by atoms with Gasteiger partial charge in [0.2, 0.25) is 5.91 Å². The third-order valence-electron chi connectivity index (χ3n) is 4.77. The van der Waals surface area contributed by atoms with Gasteiger partial charge in [-0.3, -0.25) is 4.79 Å². The minimum atomic E-state index is 0.171. The van der Waals surface area contributed by atoms with Crippen LogP contribution in [-0.2, 0) is 4.79 Å². The van der Waals surface area contributed by atoms with Crippen LogP contribution in [0.25, 0.3) is 0 Å². The summed E-state index contributed by atoms with van der Waals surface area (Å²) in [5, 5.41) is 3.30. The smallest absolute Gasteiger partial charge is 0.223 e. The molecule has 2 saturated carbocycles. The molecule has 2 aliphatic rings. The SMILES string of the molecule is CC1CCCCCC1NC(=O)C1CCCC(N)C1. The van der Waals surface area contributed by atoms with Crippen molar-refractivity contribution in [3.63, 3.8) is 0 Å². The first-order chi connectivity index (χ1) is 8.66. The van der Waals surface area contributed by atoms with E-state index in [0.29, 0.717) is 12.0 Å². The van der Waals surface area contributed by atoms with Crippen LogP contribution in [0.15, 0.2) is 0 Å². The van der Waals surface area contributed by atoms with E-state index < -0.39 is 0 Å². The van der Waals surface area contributed by atoms with Crippen LogP contribution < -0.4 is 11.1 Å². The highest BCUT2D eigenvalue weighted by Crippen LogP contribution is 2.26. The standard InChI is InChI=1S/C15H28N2O/c1-11-6-3-2-4-9-14(11)17-15(18)12-7-5-8-13(16)10-12/h11-14H,2-10,16H2,1H3,(H,17,18). The molecular formula is C15H28N2O. The maximum absolute atomic E-state index is 12.3. The van der Waals surface area contributed by atoms with Gasteiger partial charge in [0, 0.05) is 18.0 Å². The van der Waals surface area contributed by atoms with Crippen molar-refractivity contribution in [2.45, 2.75) is 76.8 Å². The number of hydrogen-bond donors (Lipinski definition) is 2. The first-order valence-corrected chi connectivity index (χ1v) is 7.72.